The topological polar surface area (TPSA) is 124 Å². The molecule has 0 spiro atoms. The van der Waals surface area contributed by atoms with Crippen LogP contribution in [-0.2, 0) is 11.3 Å². The number of piperidine rings is 1. The van der Waals surface area contributed by atoms with E-state index in [1.807, 2.05) is 0 Å². The normalized spacial score (nSPS) is 16.8. The first-order valence-electron chi connectivity index (χ1n) is 10.3. The molecule has 0 unspecified atom stereocenters. The van der Waals surface area contributed by atoms with Gasteiger partial charge in [0.05, 0.1) is 19.6 Å². The van der Waals surface area contributed by atoms with Gasteiger partial charge in [-0.1, -0.05) is 6.42 Å². The molecule has 166 valence electrons. The number of fused-ring (bicyclic) bond motifs is 1. The lowest BCUT2D eigenvalue weighted by molar-refractivity contribution is -0.118. The summed E-state index contributed by atoms with van der Waals surface area (Å²) < 4.78 is 22.3. The predicted molar refractivity (Wildman–Crippen MR) is 111 cm³/mol. The van der Waals surface area contributed by atoms with E-state index in [1.165, 1.54) is 19.6 Å². The Bertz CT molecular complexity index is 1030. The third kappa shape index (κ3) is 4.46. The summed E-state index contributed by atoms with van der Waals surface area (Å²) in [7, 11) is 1.49. The molecule has 3 heterocycles. The average Bonchev–Trinajstić information content (AvgIpc) is 3.23. The number of ether oxygens (including phenoxy) is 3. The summed E-state index contributed by atoms with van der Waals surface area (Å²) in [6.07, 6.45) is 3.20. The number of carbonyl (C=O) groups is 1. The van der Waals surface area contributed by atoms with Gasteiger partial charge in [0.1, 0.15) is 5.76 Å². The summed E-state index contributed by atoms with van der Waals surface area (Å²) >= 11 is 0. The number of hydrogen-bond donors (Lipinski definition) is 2. The molecule has 2 aromatic rings. The summed E-state index contributed by atoms with van der Waals surface area (Å²) in [5, 5.41) is 10.5. The molecule has 1 fully saturated rings. The zero-order valence-electron chi connectivity index (χ0n) is 17.4. The van der Waals surface area contributed by atoms with Crippen LogP contribution in [0.5, 0.6) is 23.0 Å². The van der Waals surface area contributed by atoms with Crippen LogP contribution in [0.1, 0.15) is 48.7 Å². The molecular weight excluding hydrogens is 404 g/mol. The van der Waals surface area contributed by atoms with Crippen LogP contribution in [0, 0.1) is 0 Å². The highest BCUT2D eigenvalue weighted by atomic mass is 16.7. The van der Waals surface area contributed by atoms with Gasteiger partial charge in [0.2, 0.25) is 29.6 Å². The monoisotopic (exact) mass is 430 g/mol. The van der Waals surface area contributed by atoms with Crippen molar-refractivity contribution in [2.75, 3.05) is 27.0 Å². The minimum atomic E-state index is -0.796. The number of hydrogen-bond acceptors (Lipinski definition) is 8. The molecule has 1 aromatic carbocycles. The zero-order valence-corrected chi connectivity index (χ0v) is 17.4. The van der Waals surface area contributed by atoms with Crippen molar-refractivity contribution < 1.29 is 28.5 Å². The molecule has 1 atom stereocenters. The fourth-order valence-corrected chi connectivity index (χ4v) is 4.12. The number of rotatable bonds is 7. The first-order valence-corrected chi connectivity index (χ1v) is 10.3. The zero-order chi connectivity index (χ0) is 22.0. The van der Waals surface area contributed by atoms with Gasteiger partial charge in [0.25, 0.3) is 0 Å². The molecule has 9 heteroatoms. The van der Waals surface area contributed by atoms with Gasteiger partial charge in [-0.3, -0.25) is 14.5 Å². The fourth-order valence-electron chi connectivity index (χ4n) is 4.12. The van der Waals surface area contributed by atoms with Crippen LogP contribution in [0.25, 0.3) is 0 Å². The van der Waals surface area contributed by atoms with E-state index in [-0.39, 0.29) is 19.0 Å². The first-order chi connectivity index (χ1) is 15.0. The Morgan fingerprint density at radius 1 is 1.23 bits per heavy atom. The summed E-state index contributed by atoms with van der Waals surface area (Å²) in [6, 6.07) is 4.64. The number of primary amides is 1. The molecule has 1 saturated heterocycles. The van der Waals surface area contributed by atoms with Crippen molar-refractivity contribution in [1.29, 1.82) is 0 Å². The third-order valence-electron chi connectivity index (χ3n) is 5.63. The molecule has 3 N–H and O–H groups in total. The van der Waals surface area contributed by atoms with Crippen LogP contribution >= 0.6 is 0 Å². The predicted octanol–water partition coefficient (Wildman–Crippen LogP) is 2.08. The number of nitrogens with two attached hydrogens (primary N) is 1. The number of benzene rings is 1. The fraction of sp³-hybridized carbons (Fsp3) is 0.455. The average molecular weight is 430 g/mol. The molecule has 31 heavy (non-hydrogen) atoms. The number of nitrogens with zero attached hydrogens (tertiary/aromatic N) is 1. The van der Waals surface area contributed by atoms with E-state index in [9.17, 15) is 14.7 Å². The number of carbonyl (C=O) groups excluding carboxylic acids is 1. The first kappa shape index (κ1) is 21.0. The lowest BCUT2D eigenvalue weighted by Gasteiger charge is -2.26. The van der Waals surface area contributed by atoms with Crippen LogP contribution in [0.15, 0.2) is 27.4 Å². The minimum Gasteiger partial charge on any atom is -0.502 e. The molecule has 2 aliphatic rings. The van der Waals surface area contributed by atoms with E-state index in [4.69, 9.17) is 24.4 Å². The maximum Gasteiger partial charge on any atom is 0.231 e. The maximum atomic E-state index is 12.5. The summed E-state index contributed by atoms with van der Waals surface area (Å²) in [5.74, 6) is -0.207. The summed E-state index contributed by atoms with van der Waals surface area (Å²) in [4.78, 5) is 26.6. The van der Waals surface area contributed by atoms with Crippen molar-refractivity contribution in [1.82, 2.24) is 4.90 Å². The van der Waals surface area contributed by atoms with Crippen molar-refractivity contribution in [3.05, 3.63) is 45.5 Å². The number of aromatic hydroxyl groups is 1. The van der Waals surface area contributed by atoms with Crippen LogP contribution < -0.4 is 25.4 Å². The lowest BCUT2D eigenvalue weighted by Crippen LogP contribution is -2.29. The van der Waals surface area contributed by atoms with Gasteiger partial charge in [-0.2, -0.15) is 0 Å². The second-order valence-electron chi connectivity index (χ2n) is 7.81. The summed E-state index contributed by atoms with van der Waals surface area (Å²) in [6.45, 7) is 2.34. The standard InChI is InChI=1S/C22H26N2O7/c1-28-17-7-13(8-18-22(17)30-12-29-18)15(10-19(23)26)21-20(27)16(25)9-14(31-21)11-24-5-3-2-4-6-24/h7-9,15,27H,2-6,10-12H2,1H3,(H2,23,26)/t15-/m1/s1. The third-order valence-corrected chi connectivity index (χ3v) is 5.63. The highest BCUT2D eigenvalue weighted by molar-refractivity contribution is 5.75. The Labute approximate surface area is 179 Å². The van der Waals surface area contributed by atoms with Gasteiger partial charge in [0, 0.05) is 12.5 Å². The van der Waals surface area contributed by atoms with Crippen molar-refractivity contribution in [2.45, 2.75) is 38.1 Å². The quantitative estimate of drug-likeness (QED) is 0.684. The van der Waals surface area contributed by atoms with Crippen molar-refractivity contribution in [3.63, 3.8) is 0 Å². The smallest absolute Gasteiger partial charge is 0.231 e. The van der Waals surface area contributed by atoms with Gasteiger partial charge in [-0.05, 0) is 43.6 Å². The Hall–Kier alpha value is -3.20. The second kappa shape index (κ2) is 8.89. The highest BCUT2D eigenvalue weighted by Gasteiger charge is 2.29. The van der Waals surface area contributed by atoms with Gasteiger partial charge in [-0.25, -0.2) is 0 Å². The Morgan fingerprint density at radius 3 is 2.71 bits per heavy atom. The van der Waals surface area contributed by atoms with Crippen LogP contribution in [0.3, 0.4) is 0 Å². The summed E-state index contributed by atoms with van der Waals surface area (Å²) in [5.41, 5.74) is 5.48. The molecule has 4 rings (SSSR count). The van der Waals surface area contributed by atoms with Gasteiger partial charge >= 0.3 is 0 Å². The molecule has 9 nitrogen and oxygen atoms in total. The molecule has 0 radical (unpaired) electrons. The van der Waals surface area contributed by atoms with E-state index in [0.717, 1.165) is 25.9 Å². The van der Waals surface area contributed by atoms with Crippen LogP contribution in [0.4, 0.5) is 0 Å². The Kier molecular flexibility index (Phi) is 6.03. The number of methoxy groups -OCH3 is 1. The van der Waals surface area contributed by atoms with E-state index in [0.29, 0.717) is 35.1 Å². The van der Waals surface area contributed by atoms with E-state index in [2.05, 4.69) is 4.90 Å². The minimum absolute atomic E-state index is 0.000715. The Morgan fingerprint density at radius 2 is 2.00 bits per heavy atom. The van der Waals surface area contributed by atoms with Crippen molar-refractivity contribution in [3.8, 4) is 23.0 Å². The molecule has 1 aromatic heterocycles. The molecule has 0 bridgehead atoms. The van der Waals surface area contributed by atoms with E-state index >= 15 is 0 Å². The van der Waals surface area contributed by atoms with Crippen molar-refractivity contribution >= 4 is 5.91 Å². The molecule has 2 aliphatic heterocycles. The SMILES string of the molecule is COc1cc([C@@H](CC(N)=O)c2oc(CN3CCCCC3)cc(=O)c2O)cc2c1OCO2. The van der Waals surface area contributed by atoms with Crippen LogP contribution in [-0.4, -0.2) is 42.9 Å². The van der Waals surface area contributed by atoms with E-state index in [1.54, 1.807) is 12.1 Å². The van der Waals surface area contributed by atoms with E-state index < -0.39 is 23.0 Å². The second-order valence-corrected chi connectivity index (χ2v) is 7.81. The largest absolute Gasteiger partial charge is 0.502 e. The maximum absolute atomic E-state index is 12.5. The van der Waals surface area contributed by atoms with Crippen molar-refractivity contribution in [2.24, 2.45) is 5.73 Å². The number of likely N-dealkylation sites (tertiary alicyclic amines) is 1. The van der Waals surface area contributed by atoms with Gasteiger partial charge < -0.3 is 29.5 Å². The Balaban J connectivity index is 1.76. The molecule has 0 saturated carbocycles. The number of amides is 1. The molecular formula is C22H26N2O7. The lowest BCUT2D eigenvalue weighted by atomic mass is 9.91. The molecule has 1 amide bonds. The highest BCUT2D eigenvalue weighted by Crippen LogP contribution is 2.45. The van der Waals surface area contributed by atoms with Gasteiger partial charge in [-0.15, -0.1) is 0 Å². The van der Waals surface area contributed by atoms with Gasteiger partial charge in [0.15, 0.2) is 17.3 Å². The van der Waals surface area contributed by atoms with Crippen LogP contribution in [0.2, 0.25) is 0 Å². The molecule has 0 aliphatic carbocycles.